The summed E-state index contributed by atoms with van der Waals surface area (Å²) in [5, 5.41) is 7.38. The van der Waals surface area contributed by atoms with Crippen molar-refractivity contribution < 1.29 is 0 Å². The Hall–Kier alpha value is -3.15. The Balaban J connectivity index is 1.52. The average molecular weight is 358 g/mol. The van der Waals surface area contributed by atoms with Crippen LogP contribution < -0.4 is 4.90 Å². The van der Waals surface area contributed by atoms with Crippen LogP contribution >= 0.6 is 0 Å². The number of rotatable bonds is 3. The molecule has 3 aromatic heterocycles. The Kier molecular flexibility index (Phi) is 3.89. The van der Waals surface area contributed by atoms with Crippen molar-refractivity contribution in [1.82, 2.24) is 24.7 Å². The highest BCUT2D eigenvalue weighted by molar-refractivity contribution is 5.86. The quantitative estimate of drug-likeness (QED) is 0.610. The van der Waals surface area contributed by atoms with Gasteiger partial charge in [0.1, 0.15) is 5.52 Å². The number of anilines is 1. The van der Waals surface area contributed by atoms with Gasteiger partial charge in [-0.05, 0) is 24.0 Å². The highest BCUT2D eigenvalue weighted by Crippen LogP contribution is 2.29. The van der Waals surface area contributed by atoms with Crippen molar-refractivity contribution in [3.8, 4) is 0 Å². The van der Waals surface area contributed by atoms with E-state index in [1.54, 1.807) is 0 Å². The maximum atomic E-state index is 4.72. The van der Waals surface area contributed by atoms with E-state index in [-0.39, 0.29) is 0 Å². The van der Waals surface area contributed by atoms with E-state index < -0.39 is 0 Å². The number of imidazole rings is 1. The summed E-state index contributed by atoms with van der Waals surface area (Å²) in [6.45, 7) is 4.86. The first-order valence-electron chi connectivity index (χ1n) is 9.38. The van der Waals surface area contributed by atoms with Gasteiger partial charge in [-0.1, -0.05) is 37.3 Å². The van der Waals surface area contributed by atoms with Gasteiger partial charge in [0.15, 0.2) is 5.82 Å². The summed E-state index contributed by atoms with van der Waals surface area (Å²) in [4.78, 5) is 11.8. The number of aromatic amines is 1. The van der Waals surface area contributed by atoms with Crippen LogP contribution in [0.25, 0.3) is 11.0 Å². The third-order valence-electron chi connectivity index (χ3n) is 5.27. The molecule has 0 spiro atoms. The first-order valence-corrected chi connectivity index (χ1v) is 9.38. The second-order valence-electron chi connectivity index (χ2n) is 7.42. The minimum Gasteiger partial charge on any atom is -0.350 e. The van der Waals surface area contributed by atoms with Crippen molar-refractivity contribution in [2.75, 3.05) is 11.4 Å². The molecule has 27 heavy (non-hydrogen) atoms. The molecular formula is C21H22N6. The van der Waals surface area contributed by atoms with Crippen molar-refractivity contribution in [3.63, 3.8) is 0 Å². The van der Waals surface area contributed by atoms with E-state index in [1.807, 2.05) is 24.8 Å². The standard InChI is InChI=1S/C21H22N6/c1-15-9-18-17(10-24-25-18)13-26(11-15)21-20-19(7-8-22-21)27(14-23-20)12-16-5-3-2-4-6-16/h2-8,10,14-15H,9,11-13H2,1H3,(H,24,25). The number of benzene rings is 1. The lowest BCUT2D eigenvalue weighted by Crippen LogP contribution is -2.27. The number of pyridine rings is 1. The van der Waals surface area contributed by atoms with Gasteiger partial charge >= 0.3 is 0 Å². The van der Waals surface area contributed by atoms with Gasteiger partial charge in [-0.2, -0.15) is 5.10 Å². The average Bonchev–Trinajstić information content (AvgIpc) is 3.25. The third-order valence-corrected chi connectivity index (χ3v) is 5.27. The summed E-state index contributed by atoms with van der Waals surface area (Å²) in [6.07, 6.45) is 6.78. The first-order chi connectivity index (χ1) is 13.3. The molecule has 1 N–H and O–H groups in total. The molecule has 0 saturated carbocycles. The number of aromatic nitrogens is 5. The summed E-state index contributed by atoms with van der Waals surface area (Å²) in [5.41, 5.74) is 5.84. The smallest absolute Gasteiger partial charge is 0.157 e. The second-order valence-corrected chi connectivity index (χ2v) is 7.42. The molecule has 1 atom stereocenters. The van der Waals surface area contributed by atoms with E-state index in [4.69, 9.17) is 9.97 Å². The predicted molar refractivity (Wildman–Crippen MR) is 106 cm³/mol. The fourth-order valence-corrected chi connectivity index (χ4v) is 3.99. The molecule has 4 aromatic rings. The van der Waals surface area contributed by atoms with Crippen LogP contribution in [0.15, 0.2) is 55.1 Å². The van der Waals surface area contributed by atoms with E-state index in [9.17, 15) is 0 Å². The lowest BCUT2D eigenvalue weighted by atomic mass is 10.1. The number of hydrogen-bond donors (Lipinski definition) is 1. The lowest BCUT2D eigenvalue weighted by Gasteiger charge is -2.24. The number of fused-ring (bicyclic) bond motifs is 2. The van der Waals surface area contributed by atoms with Gasteiger partial charge in [-0.15, -0.1) is 0 Å². The topological polar surface area (TPSA) is 62.6 Å². The first kappa shape index (κ1) is 16.1. The molecule has 0 radical (unpaired) electrons. The molecule has 1 unspecified atom stereocenters. The summed E-state index contributed by atoms with van der Waals surface area (Å²) >= 11 is 0. The molecule has 1 aliphatic rings. The number of nitrogens with zero attached hydrogens (tertiary/aromatic N) is 5. The molecule has 1 aromatic carbocycles. The van der Waals surface area contributed by atoms with Crippen molar-refractivity contribution in [2.45, 2.75) is 26.4 Å². The molecule has 1 aliphatic heterocycles. The zero-order valence-electron chi connectivity index (χ0n) is 15.3. The minimum absolute atomic E-state index is 0.523. The predicted octanol–water partition coefficient (Wildman–Crippen LogP) is 3.40. The van der Waals surface area contributed by atoms with E-state index in [0.717, 1.165) is 42.9 Å². The molecule has 5 rings (SSSR count). The molecule has 6 heteroatoms. The van der Waals surface area contributed by atoms with Gasteiger partial charge in [-0.3, -0.25) is 5.10 Å². The van der Waals surface area contributed by atoms with Crippen molar-refractivity contribution in [1.29, 1.82) is 0 Å². The molecule has 136 valence electrons. The summed E-state index contributed by atoms with van der Waals surface area (Å²) in [6, 6.07) is 12.5. The zero-order valence-corrected chi connectivity index (χ0v) is 15.3. The van der Waals surface area contributed by atoms with Crippen LogP contribution in [0.4, 0.5) is 5.82 Å². The molecule has 4 heterocycles. The van der Waals surface area contributed by atoms with Crippen LogP contribution in [0.3, 0.4) is 0 Å². The second kappa shape index (κ2) is 6.54. The molecule has 0 fully saturated rings. The van der Waals surface area contributed by atoms with Crippen molar-refractivity contribution >= 4 is 16.9 Å². The van der Waals surface area contributed by atoms with E-state index >= 15 is 0 Å². The number of nitrogens with one attached hydrogen (secondary N) is 1. The normalized spacial score (nSPS) is 17.1. The molecule has 6 nitrogen and oxygen atoms in total. The SMILES string of the molecule is CC1Cc2[nH]ncc2CN(c2nccc3c2ncn3Cc2ccccc2)C1. The maximum absolute atomic E-state index is 4.72. The van der Waals surface area contributed by atoms with Gasteiger partial charge in [0, 0.05) is 37.1 Å². The van der Waals surface area contributed by atoms with Gasteiger partial charge in [0.05, 0.1) is 18.0 Å². The Morgan fingerprint density at radius 1 is 1.15 bits per heavy atom. The van der Waals surface area contributed by atoms with Crippen molar-refractivity contribution in [2.24, 2.45) is 5.92 Å². The van der Waals surface area contributed by atoms with Crippen molar-refractivity contribution in [3.05, 3.63) is 71.9 Å². The highest BCUT2D eigenvalue weighted by atomic mass is 15.2. The molecule has 0 amide bonds. The fourth-order valence-electron chi connectivity index (χ4n) is 3.99. The third kappa shape index (κ3) is 2.97. The largest absolute Gasteiger partial charge is 0.350 e. The Morgan fingerprint density at radius 2 is 2.04 bits per heavy atom. The molecule has 0 bridgehead atoms. The van der Waals surface area contributed by atoms with E-state index in [1.165, 1.54) is 16.8 Å². The summed E-state index contributed by atoms with van der Waals surface area (Å²) in [5.74, 6) is 1.48. The van der Waals surface area contributed by atoms with Crippen LogP contribution in [-0.2, 0) is 19.5 Å². The van der Waals surface area contributed by atoms with Crippen LogP contribution in [0, 0.1) is 5.92 Å². The number of H-pyrrole nitrogens is 1. The van der Waals surface area contributed by atoms with Crippen LogP contribution in [0.5, 0.6) is 0 Å². The summed E-state index contributed by atoms with van der Waals surface area (Å²) in [7, 11) is 0. The number of hydrogen-bond acceptors (Lipinski definition) is 4. The van der Waals surface area contributed by atoms with Crippen LogP contribution in [-0.4, -0.2) is 31.3 Å². The van der Waals surface area contributed by atoms with E-state index in [2.05, 4.69) is 56.9 Å². The Morgan fingerprint density at radius 3 is 2.93 bits per heavy atom. The Labute approximate surface area is 157 Å². The monoisotopic (exact) mass is 358 g/mol. The van der Waals surface area contributed by atoms with Gasteiger partial charge in [-0.25, -0.2) is 9.97 Å². The van der Waals surface area contributed by atoms with E-state index in [0.29, 0.717) is 5.92 Å². The van der Waals surface area contributed by atoms with Gasteiger partial charge < -0.3 is 9.47 Å². The van der Waals surface area contributed by atoms with Crippen LogP contribution in [0.2, 0.25) is 0 Å². The Bertz CT molecular complexity index is 1060. The molecule has 0 aliphatic carbocycles. The van der Waals surface area contributed by atoms with Crippen LogP contribution in [0.1, 0.15) is 23.7 Å². The highest BCUT2D eigenvalue weighted by Gasteiger charge is 2.23. The van der Waals surface area contributed by atoms with Gasteiger partial charge in [0.25, 0.3) is 0 Å². The fraction of sp³-hybridized carbons (Fsp3) is 0.286. The zero-order chi connectivity index (χ0) is 18.2. The minimum atomic E-state index is 0.523. The molecule has 0 saturated heterocycles. The lowest BCUT2D eigenvalue weighted by molar-refractivity contribution is 0.566. The summed E-state index contributed by atoms with van der Waals surface area (Å²) < 4.78 is 2.19. The molecular weight excluding hydrogens is 336 g/mol. The van der Waals surface area contributed by atoms with Gasteiger partial charge in [0.2, 0.25) is 0 Å². The maximum Gasteiger partial charge on any atom is 0.157 e.